The second-order valence-electron chi connectivity index (χ2n) is 7.50. The Bertz CT molecular complexity index is 1490. The fraction of sp³-hybridized carbons (Fsp3) is 0.125. The van der Waals surface area contributed by atoms with E-state index in [4.69, 9.17) is 0 Å². The first-order valence-electron chi connectivity index (χ1n) is 9.66. The summed E-state index contributed by atoms with van der Waals surface area (Å²) in [6.07, 6.45) is 3.18. The molecule has 3 heterocycles. The first-order chi connectivity index (χ1) is 14.5. The van der Waals surface area contributed by atoms with Crippen molar-refractivity contribution in [2.45, 2.75) is 20.4 Å². The molecule has 0 aliphatic carbocycles. The van der Waals surface area contributed by atoms with Gasteiger partial charge in [-0.1, -0.05) is 42.0 Å². The molecule has 0 bridgehead atoms. The van der Waals surface area contributed by atoms with Gasteiger partial charge in [0.15, 0.2) is 5.78 Å². The fourth-order valence-corrected chi connectivity index (χ4v) is 4.83. The van der Waals surface area contributed by atoms with E-state index >= 15 is 0 Å². The van der Waals surface area contributed by atoms with Crippen molar-refractivity contribution >= 4 is 38.2 Å². The number of H-pyrrole nitrogens is 1. The van der Waals surface area contributed by atoms with Crippen molar-refractivity contribution in [2.24, 2.45) is 0 Å². The van der Waals surface area contributed by atoms with Gasteiger partial charge in [-0.25, -0.2) is 4.98 Å². The number of hydrogen-bond donors (Lipinski definition) is 1. The maximum absolute atomic E-state index is 13.3. The predicted molar refractivity (Wildman–Crippen MR) is 121 cm³/mol. The fourth-order valence-electron chi connectivity index (χ4n) is 3.94. The van der Waals surface area contributed by atoms with Gasteiger partial charge in [-0.3, -0.25) is 14.2 Å². The van der Waals surface area contributed by atoms with Gasteiger partial charge < -0.3 is 4.98 Å². The number of fused-ring (bicyclic) bond motifs is 2. The Labute approximate surface area is 176 Å². The number of nitrogens with zero attached hydrogens (tertiary/aromatic N) is 2. The number of rotatable bonds is 4. The van der Waals surface area contributed by atoms with E-state index in [0.717, 1.165) is 27.6 Å². The molecule has 0 atom stereocenters. The smallest absolute Gasteiger partial charge is 0.263 e. The van der Waals surface area contributed by atoms with E-state index in [1.807, 2.05) is 55.6 Å². The molecule has 0 amide bonds. The molecule has 0 spiro atoms. The summed E-state index contributed by atoms with van der Waals surface area (Å²) in [4.78, 5) is 34.5. The number of thiophene rings is 1. The largest absolute Gasteiger partial charge is 0.360 e. The Kier molecular flexibility index (Phi) is 4.37. The molecule has 0 radical (unpaired) electrons. The van der Waals surface area contributed by atoms with E-state index in [-0.39, 0.29) is 17.9 Å². The Balaban J connectivity index is 1.58. The summed E-state index contributed by atoms with van der Waals surface area (Å²) in [5.74, 6) is -0.126. The third-order valence-electron chi connectivity index (χ3n) is 5.44. The summed E-state index contributed by atoms with van der Waals surface area (Å²) in [5.41, 5.74) is 5.47. The van der Waals surface area contributed by atoms with Gasteiger partial charge in [0.1, 0.15) is 4.83 Å². The summed E-state index contributed by atoms with van der Waals surface area (Å²) >= 11 is 1.45. The van der Waals surface area contributed by atoms with Gasteiger partial charge in [-0.15, -0.1) is 11.3 Å². The molecule has 1 N–H and O–H groups in total. The molecule has 0 saturated heterocycles. The standard InChI is InChI=1S/C24H19N3O2S/c1-14-7-8-16(15(2)9-14)19-12-30-23-22(19)24(29)27(13-26-23)11-21(28)18-10-25-20-6-4-3-5-17(18)20/h3-10,12-13,25H,11H2,1-2H3. The van der Waals surface area contributed by atoms with Crippen molar-refractivity contribution < 1.29 is 4.79 Å². The lowest BCUT2D eigenvalue weighted by atomic mass is 9.99. The summed E-state index contributed by atoms with van der Waals surface area (Å²) in [6.45, 7) is 4.04. The minimum atomic E-state index is -0.190. The number of carbonyl (C=O) groups is 1. The lowest BCUT2D eigenvalue weighted by molar-refractivity contribution is 0.0972. The molecule has 0 aliphatic rings. The Morgan fingerprint density at radius 1 is 1.13 bits per heavy atom. The minimum Gasteiger partial charge on any atom is -0.360 e. The highest BCUT2D eigenvalue weighted by Gasteiger charge is 2.18. The van der Waals surface area contributed by atoms with E-state index in [1.54, 1.807) is 6.20 Å². The number of hydrogen-bond acceptors (Lipinski definition) is 4. The maximum Gasteiger partial charge on any atom is 0.263 e. The highest BCUT2D eigenvalue weighted by atomic mass is 32.1. The molecule has 5 nitrogen and oxygen atoms in total. The number of para-hydroxylation sites is 1. The van der Waals surface area contributed by atoms with Crippen molar-refractivity contribution in [3.05, 3.63) is 87.4 Å². The number of aromatic nitrogens is 3. The highest BCUT2D eigenvalue weighted by molar-refractivity contribution is 7.17. The van der Waals surface area contributed by atoms with Crippen LogP contribution in [0.4, 0.5) is 0 Å². The van der Waals surface area contributed by atoms with Crippen LogP contribution in [0.1, 0.15) is 21.5 Å². The molecule has 5 rings (SSSR count). The van der Waals surface area contributed by atoms with E-state index in [9.17, 15) is 9.59 Å². The van der Waals surface area contributed by atoms with Crippen LogP contribution in [0.5, 0.6) is 0 Å². The van der Waals surface area contributed by atoms with Gasteiger partial charge in [-0.2, -0.15) is 0 Å². The molecule has 5 aromatic rings. The van der Waals surface area contributed by atoms with Crippen LogP contribution in [-0.2, 0) is 6.54 Å². The molecule has 0 unspecified atom stereocenters. The van der Waals surface area contributed by atoms with Crippen molar-refractivity contribution in [1.82, 2.24) is 14.5 Å². The molecular weight excluding hydrogens is 394 g/mol. The Hall–Kier alpha value is -3.51. The van der Waals surface area contributed by atoms with Crippen molar-refractivity contribution in [2.75, 3.05) is 0 Å². The van der Waals surface area contributed by atoms with Crippen molar-refractivity contribution in [3.8, 4) is 11.1 Å². The van der Waals surface area contributed by atoms with Crippen LogP contribution in [0.15, 0.2) is 65.2 Å². The minimum absolute atomic E-state index is 0.0498. The number of aromatic amines is 1. The van der Waals surface area contributed by atoms with Crippen LogP contribution in [-0.4, -0.2) is 20.3 Å². The summed E-state index contributed by atoms with van der Waals surface area (Å²) in [5, 5.41) is 3.40. The molecule has 0 fully saturated rings. The third-order valence-corrected chi connectivity index (χ3v) is 6.32. The monoisotopic (exact) mass is 413 g/mol. The number of carbonyl (C=O) groups excluding carboxylic acids is 1. The van der Waals surface area contributed by atoms with Crippen molar-refractivity contribution in [3.63, 3.8) is 0 Å². The second kappa shape index (κ2) is 7.07. The summed E-state index contributed by atoms with van der Waals surface area (Å²) in [7, 11) is 0. The first kappa shape index (κ1) is 18.5. The molecule has 30 heavy (non-hydrogen) atoms. The summed E-state index contributed by atoms with van der Waals surface area (Å²) in [6, 6.07) is 13.8. The van der Waals surface area contributed by atoms with E-state index in [1.165, 1.54) is 27.8 Å². The van der Waals surface area contributed by atoms with Gasteiger partial charge in [0.2, 0.25) is 0 Å². The molecule has 0 saturated carbocycles. The van der Waals surface area contributed by atoms with Crippen LogP contribution in [0.3, 0.4) is 0 Å². The molecule has 3 aromatic heterocycles. The van der Waals surface area contributed by atoms with Gasteiger partial charge in [0, 0.05) is 33.6 Å². The lowest BCUT2D eigenvalue weighted by Gasteiger charge is -2.08. The Morgan fingerprint density at radius 3 is 2.80 bits per heavy atom. The van der Waals surface area contributed by atoms with Gasteiger partial charge >= 0.3 is 0 Å². The third kappa shape index (κ3) is 2.97. The second-order valence-corrected chi connectivity index (χ2v) is 8.35. The van der Waals surface area contributed by atoms with E-state index < -0.39 is 0 Å². The van der Waals surface area contributed by atoms with Crippen LogP contribution >= 0.6 is 11.3 Å². The molecule has 148 valence electrons. The summed E-state index contributed by atoms with van der Waals surface area (Å²) < 4.78 is 1.41. The molecule has 2 aromatic carbocycles. The normalized spacial score (nSPS) is 11.4. The van der Waals surface area contributed by atoms with Gasteiger partial charge in [0.05, 0.1) is 18.3 Å². The number of Topliss-reactive ketones (excluding diaryl/α,β-unsaturated/α-hetero) is 1. The SMILES string of the molecule is Cc1ccc(-c2csc3ncn(CC(=O)c4c[nH]c5ccccc45)c(=O)c23)c(C)c1. The average Bonchev–Trinajstić information content (AvgIpc) is 3.35. The van der Waals surface area contributed by atoms with Crippen LogP contribution in [0.25, 0.3) is 32.2 Å². The zero-order valence-electron chi connectivity index (χ0n) is 16.6. The number of nitrogens with one attached hydrogen (secondary N) is 1. The topological polar surface area (TPSA) is 67.8 Å². The Morgan fingerprint density at radius 2 is 1.97 bits per heavy atom. The van der Waals surface area contributed by atoms with Crippen LogP contribution in [0, 0.1) is 13.8 Å². The molecule has 6 heteroatoms. The number of benzene rings is 2. The molecule has 0 aliphatic heterocycles. The number of aryl methyl sites for hydroxylation is 2. The van der Waals surface area contributed by atoms with Crippen LogP contribution in [0.2, 0.25) is 0 Å². The highest BCUT2D eigenvalue weighted by Crippen LogP contribution is 2.33. The van der Waals surface area contributed by atoms with E-state index in [2.05, 4.69) is 16.0 Å². The number of ketones is 1. The van der Waals surface area contributed by atoms with Crippen LogP contribution < -0.4 is 5.56 Å². The lowest BCUT2D eigenvalue weighted by Crippen LogP contribution is -2.24. The molecular formula is C24H19N3O2S. The first-order valence-corrected chi connectivity index (χ1v) is 10.5. The zero-order chi connectivity index (χ0) is 20.8. The van der Waals surface area contributed by atoms with E-state index in [0.29, 0.717) is 15.8 Å². The van der Waals surface area contributed by atoms with Crippen molar-refractivity contribution in [1.29, 1.82) is 0 Å². The zero-order valence-corrected chi connectivity index (χ0v) is 17.4. The van der Waals surface area contributed by atoms with Gasteiger partial charge in [-0.05, 0) is 31.0 Å². The maximum atomic E-state index is 13.3. The van der Waals surface area contributed by atoms with Gasteiger partial charge in [0.25, 0.3) is 5.56 Å². The quantitative estimate of drug-likeness (QED) is 0.417. The average molecular weight is 414 g/mol. The predicted octanol–water partition coefficient (Wildman–Crippen LogP) is 5.11.